The van der Waals surface area contributed by atoms with Crippen LogP contribution >= 0.6 is 0 Å². The van der Waals surface area contributed by atoms with Gasteiger partial charge in [0.2, 0.25) is 11.8 Å². The molecule has 3 rings (SSSR count). The number of carbonyl (C=O) groups is 2. The van der Waals surface area contributed by atoms with Crippen molar-refractivity contribution in [3.63, 3.8) is 0 Å². The number of hydrogen-bond acceptors (Lipinski definition) is 2. The van der Waals surface area contributed by atoms with E-state index in [9.17, 15) is 9.59 Å². The lowest BCUT2D eigenvalue weighted by Gasteiger charge is -2.32. The summed E-state index contributed by atoms with van der Waals surface area (Å²) in [5.41, 5.74) is 0. The van der Waals surface area contributed by atoms with Crippen LogP contribution in [0, 0.1) is 5.92 Å². The summed E-state index contributed by atoms with van der Waals surface area (Å²) in [6.07, 6.45) is 9.98. The van der Waals surface area contributed by atoms with Crippen LogP contribution in [0.3, 0.4) is 0 Å². The van der Waals surface area contributed by atoms with Gasteiger partial charge in [-0.25, -0.2) is 0 Å². The molecular weight excluding hydrogens is 252 g/mol. The van der Waals surface area contributed by atoms with Crippen molar-refractivity contribution in [3.8, 4) is 0 Å². The molecule has 2 aliphatic heterocycles. The molecule has 20 heavy (non-hydrogen) atoms. The first-order valence-electron chi connectivity index (χ1n) is 8.34. The quantitative estimate of drug-likeness (QED) is 0.777. The second kappa shape index (κ2) is 6.15. The van der Waals surface area contributed by atoms with Crippen LogP contribution in [0.2, 0.25) is 0 Å². The summed E-state index contributed by atoms with van der Waals surface area (Å²) in [6, 6.07) is 0.412. The highest BCUT2D eigenvalue weighted by molar-refractivity contribution is 5.89. The fraction of sp³-hybridized carbons (Fsp3) is 0.875. The van der Waals surface area contributed by atoms with Crippen molar-refractivity contribution in [2.45, 2.75) is 63.8 Å². The van der Waals surface area contributed by atoms with E-state index in [1.54, 1.807) is 0 Å². The molecule has 1 saturated carbocycles. The summed E-state index contributed by atoms with van der Waals surface area (Å²) in [4.78, 5) is 28.8. The van der Waals surface area contributed by atoms with Crippen LogP contribution in [-0.2, 0) is 9.59 Å². The van der Waals surface area contributed by atoms with Crippen molar-refractivity contribution in [3.05, 3.63) is 0 Å². The highest BCUT2D eigenvalue weighted by Crippen LogP contribution is 2.29. The molecule has 1 aliphatic carbocycles. The number of rotatable bonds is 2. The number of nitrogens with zero attached hydrogens (tertiary/aromatic N) is 2. The molecule has 0 aromatic heterocycles. The van der Waals surface area contributed by atoms with Crippen LogP contribution in [0.4, 0.5) is 0 Å². The summed E-state index contributed by atoms with van der Waals surface area (Å²) in [5, 5.41) is 0. The molecule has 3 fully saturated rings. The first-order valence-corrected chi connectivity index (χ1v) is 8.34. The largest absolute Gasteiger partial charge is 0.342 e. The van der Waals surface area contributed by atoms with E-state index in [-0.39, 0.29) is 17.7 Å². The van der Waals surface area contributed by atoms with Gasteiger partial charge in [0.15, 0.2) is 0 Å². The number of hydrogen-bond donors (Lipinski definition) is 0. The molecule has 2 heterocycles. The molecule has 4 heteroatoms. The van der Waals surface area contributed by atoms with E-state index < -0.39 is 0 Å². The lowest BCUT2D eigenvalue weighted by Crippen LogP contribution is -2.42. The second-order valence-electron chi connectivity index (χ2n) is 6.62. The minimum Gasteiger partial charge on any atom is -0.342 e. The summed E-state index contributed by atoms with van der Waals surface area (Å²) >= 11 is 0. The Hall–Kier alpha value is -1.06. The van der Waals surface area contributed by atoms with Gasteiger partial charge in [-0.15, -0.1) is 0 Å². The van der Waals surface area contributed by atoms with Gasteiger partial charge in [-0.1, -0.05) is 19.3 Å². The van der Waals surface area contributed by atoms with Crippen LogP contribution < -0.4 is 0 Å². The van der Waals surface area contributed by atoms with Crippen molar-refractivity contribution in [2.75, 3.05) is 19.6 Å². The summed E-state index contributed by atoms with van der Waals surface area (Å²) in [5.74, 6) is 0.381. The second-order valence-corrected chi connectivity index (χ2v) is 6.62. The molecule has 0 N–H and O–H groups in total. The third-order valence-corrected chi connectivity index (χ3v) is 5.19. The number of carbonyl (C=O) groups excluding carboxylic acids is 2. The van der Waals surface area contributed by atoms with E-state index in [1.165, 1.54) is 25.7 Å². The Morgan fingerprint density at radius 1 is 0.950 bits per heavy atom. The SMILES string of the molecule is O=C(C1CC(=O)N(C2CCCCC2)C1)N1CCCCC1. The van der Waals surface area contributed by atoms with E-state index in [1.807, 2.05) is 9.80 Å². The van der Waals surface area contributed by atoms with Gasteiger partial charge in [0.1, 0.15) is 0 Å². The molecule has 0 spiro atoms. The van der Waals surface area contributed by atoms with E-state index >= 15 is 0 Å². The van der Waals surface area contributed by atoms with Crippen molar-refractivity contribution < 1.29 is 9.59 Å². The summed E-state index contributed by atoms with van der Waals surface area (Å²) in [6.45, 7) is 2.47. The fourth-order valence-corrected chi connectivity index (χ4v) is 4.02. The number of piperidine rings is 1. The molecule has 1 unspecified atom stereocenters. The van der Waals surface area contributed by atoms with Crippen LogP contribution in [0.5, 0.6) is 0 Å². The lowest BCUT2D eigenvalue weighted by atomic mass is 9.94. The number of amides is 2. The first-order chi connectivity index (χ1) is 9.75. The Morgan fingerprint density at radius 3 is 2.30 bits per heavy atom. The zero-order valence-corrected chi connectivity index (χ0v) is 12.4. The lowest BCUT2D eigenvalue weighted by molar-refractivity contribution is -0.136. The predicted octanol–water partition coefficient (Wildman–Crippen LogP) is 2.18. The van der Waals surface area contributed by atoms with E-state index in [0.29, 0.717) is 19.0 Å². The van der Waals surface area contributed by atoms with E-state index in [0.717, 1.165) is 38.8 Å². The summed E-state index contributed by atoms with van der Waals surface area (Å²) < 4.78 is 0. The normalized spacial score (nSPS) is 29.0. The Kier molecular flexibility index (Phi) is 4.27. The maximum Gasteiger partial charge on any atom is 0.227 e. The van der Waals surface area contributed by atoms with Gasteiger partial charge in [-0.2, -0.15) is 0 Å². The van der Waals surface area contributed by atoms with Gasteiger partial charge in [0.25, 0.3) is 0 Å². The van der Waals surface area contributed by atoms with Crippen molar-refractivity contribution in [1.29, 1.82) is 0 Å². The minimum atomic E-state index is -0.0671. The molecular formula is C16H26N2O2. The van der Waals surface area contributed by atoms with Crippen LogP contribution in [0.15, 0.2) is 0 Å². The first kappa shape index (κ1) is 13.9. The van der Waals surface area contributed by atoms with Gasteiger partial charge < -0.3 is 9.80 Å². The number of likely N-dealkylation sites (tertiary alicyclic amines) is 2. The standard InChI is InChI=1S/C16H26N2O2/c19-15-11-13(16(20)17-9-5-2-6-10-17)12-18(15)14-7-3-1-4-8-14/h13-14H,1-12H2. The zero-order valence-electron chi connectivity index (χ0n) is 12.4. The molecule has 3 aliphatic rings. The van der Waals surface area contributed by atoms with Gasteiger partial charge in [-0.05, 0) is 32.1 Å². The molecule has 0 radical (unpaired) electrons. The average Bonchev–Trinajstić information content (AvgIpc) is 2.90. The molecule has 0 bridgehead atoms. The van der Waals surface area contributed by atoms with Crippen LogP contribution in [0.1, 0.15) is 57.8 Å². The summed E-state index contributed by atoms with van der Waals surface area (Å²) in [7, 11) is 0. The smallest absolute Gasteiger partial charge is 0.227 e. The Morgan fingerprint density at radius 2 is 1.60 bits per heavy atom. The van der Waals surface area contributed by atoms with Crippen molar-refractivity contribution in [1.82, 2.24) is 9.80 Å². The molecule has 4 nitrogen and oxygen atoms in total. The molecule has 0 aromatic carbocycles. The zero-order chi connectivity index (χ0) is 13.9. The van der Waals surface area contributed by atoms with Gasteiger partial charge in [-0.3, -0.25) is 9.59 Å². The molecule has 1 atom stereocenters. The van der Waals surface area contributed by atoms with Gasteiger partial charge in [0, 0.05) is 32.1 Å². The van der Waals surface area contributed by atoms with Crippen molar-refractivity contribution >= 4 is 11.8 Å². The molecule has 2 saturated heterocycles. The monoisotopic (exact) mass is 278 g/mol. The Balaban J connectivity index is 1.59. The van der Waals surface area contributed by atoms with Crippen LogP contribution in [0.25, 0.3) is 0 Å². The van der Waals surface area contributed by atoms with Gasteiger partial charge in [0.05, 0.1) is 5.92 Å². The third-order valence-electron chi connectivity index (χ3n) is 5.19. The highest BCUT2D eigenvalue weighted by Gasteiger charge is 2.39. The predicted molar refractivity (Wildman–Crippen MR) is 77.1 cm³/mol. The van der Waals surface area contributed by atoms with Crippen LogP contribution in [-0.4, -0.2) is 47.3 Å². The Labute approximate surface area is 121 Å². The molecule has 2 amide bonds. The maximum atomic E-state index is 12.5. The van der Waals surface area contributed by atoms with E-state index in [2.05, 4.69) is 0 Å². The van der Waals surface area contributed by atoms with E-state index in [4.69, 9.17) is 0 Å². The maximum absolute atomic E-state index is 12.5. The molecule has 112 valence electrons. The highest BCUT2D eigenvalue weighted by atomic mass is 16.2. The third kappa shape index (κ3) is 2.84. The average molecular weight is 278 g/mol. The topological polar surface area (TPSA) is 40.6 Å². The van der Waals surface area contributed by atoms with Gasteiger partial charge >= 0.3 is 0 Å². The van der Waals surface area contributed by atoms with Crippen molar-refractivity contribution in [2.24, 2.45) is 5.92 Å². The fourth-order valence-electron chi connectivity index (χ4n) is 4.02. The Bertz CT molecular complexity index is 371. The molecule has 0 aromatic rings. The minimum absolute atomic E-state index is 0.0671.